The van der Waals surface area contributed by atoms with Crippen molar-refractivity contribution in [2.24, 2.45) is 0 Å². The Kier molecular flexibility index (Phi) is 6.69. The first-order valence-corrected chi connectivity index (χ1v) is 4.87. The van der Waals surface area contributed by atoms with Gasteiger partial charge in [-0.2, -0.15) is 0 Å². The fourth-order valence-corrected chi connectivity index (χ4v) is 1.54. The molecule has 2 N–H and O–H groups in total. The highest BCUT2D eigenvalue weighted by Crippen LogP contribution is 1.91. The number of hydrogen-bond acceptors (Lipinski definition) is 2. The zero-order valence-electron chi connectivity index (χ0n) is 6.55. The number of nitrogens with one attached hydrogen (secondary N) is 1. The molecule has 0 aromatic carbocycles. The van der Waals surface area contributed by atoms with E-state index < -0.39 is 17.2 Å². The zero-order valence-corrected chi connectivity index (χ0v) is 7.36. The van der Waals surface area contributed by atoms with Crippen LogP contribution in [0.3, 0.4) is 0 Å². The van der Waals surface area contributed by atoms with E-state index in [2.05, 4.69) is 4.72 Å². The molecule has 0 heterocycles. The van der Waals surface area contributed by atoms with E-state index in [4.69, 9.17) is 5.11 Å². The van der Waals surface area contributed by atoms with Gasteiger partial charge in [-0.3, -0.25) is 4.39 Å². The second-order valence-electron chi connectivity index (χ2n) is 2.24. The van der Waals surface area contributed by atoms with E-state index in [0.717, 1.165) is 0 Å². The number of aliphatic hydroxyl groups excluding tert-OH is 1. The van der Waals surface area contributed by atoms with Gasteiger partial charge in [0.15, 0.2) is 0 Å². The Balaban J connectivity index is 3.23. The van der Waals surface area contributed by atoms with Crippen LogP contribution in [0.2, 0.25) is 0 Å². The molecule has 0 bridgehead atoms. The zero-order chi connectivity index (χ0) is 8.69. The first-order chi connectivity index (χ1) is 5.16. The molecule has 2 atom stereocenters. The second-order valence-corrected chi connectivity index (χ2v) is 3.57. The van der Waals surface area contributed by atoms with Gasteiger partial charge in [0.1, 0.15) is 6.23 Å². The van der Waals surface area contributed by atoms with Crippen LogP contribution in [0.4, 0.5) is 4.39 Å². The number of rotatable bonds is 6. The number of unbranched alkanes of at least 4 members (excludes halogenated alkanes) is 1. The van der Waals surface area contributed by atoms with Gasteiger partial charge in [-0.1, -0.05) is 0 Å². The number of alkyl halides is 1. The molecule has 2 unspecified atom stereocenters. The predicted octanol–water partition coefficient (Wildman–Crippen LogP) is 0.328. The molecule has 0 rings (SSSR count). The molecular formula is C6H14FNO2S. The van der Waals surface area contributed by atoms with E-state index in [9.17, 15) is 8.60 Å². The van der Waals surface area contributed by atoms with Crippen LogP contribution < -0.4 is 4.72 Å². The van der Waals surface area contributed by atoms with Crippen molar-refractivity contribution in [3.63, 3.8) is 0 Å². The molecule has 0 aliphatic rings. The highest BCUT2D eigenvalue weighted by Gasteiger charge is 2.01. The van der Waals surface area contributed by atoms with Crippen LogP contribution in [-0.2, 0) is 11.0 Å². The molecular weight excluding hydrogens is 169 g/mol. The molecule has 5 heteroatoms. The maximum atomic E-state index is 11.5. The summed E-state index contributed by atoms with van der Waals surface area (Å²) in [5.74, 6) is 0.398. The minimum Gasteiger partial charge on any atom is -0.378 e. The third-order valence-electron chi connectivity index (χ3n) is 1.02. The first-order valence-electron chi connectivity index (χ1n) is 3.55. The van der Waals surface area contributed by atoms with Crippen molar-refractivity contribution in [1.29, 1.82) is 0 Å². The summed E-state index contributed by atoms with van der Waals surface area (Å²) < 4.78 is 24.8. The molecule has 68 valence electrons. The number of hydrogen-bond donors (Lipinski definition) is 2. The standard InChI is InChI=1S/C6H14FNO2S/c1-6(9)8-11(10)5-3-2-4-7/h6,8-9H,2-5H2,1H3. The van der Waals surface area contributed by atoms with Crippen molar-refractivity contribution in [1.82, 2.24) is 4.72 Å². The molecule has 0 radical (unpaired) electrons. The van der Waals surface area contributed by atoms with E-state index >= 15 is 0 Å². The van der Waals surface area contributed by atoms with E-state index in [0.29, 0.717) is 18.6 Å². The van der Waals surface area contributed by atoms with Crippen LogP contribution in [-0.4, -0.2) is 28.0 Å². The Bertz CT molecular complexity index is 121. The Morgan fingerprint density at radius 3 is 2.73 bits per heavy atom. The van der Waals surface area contributed by atoms with Crippen molar-refractivity contribution in [3.8, 4) is 0 Å². The largest absolute Gasteiger partial charge is 0.378 e. The highest BCUT2D eigenvalue weighted by atomic mass is 32.2. The third-order valence-corrected chi connectivity index (χ3v) is 2.28. The molecule has 0 aliphatic heterocycles. The van der Waals surface area contributed by atoms with E-state index in [-0.39, 0.29) is 6.67 Å². The van der Waals surface area contributed by atoms with Crippen LogP contribution in [0.15, 0.2) is 0 Å². The Labute approximate surface area is 68.6 Å². The Morgan fingerprint density at radius 2 is 2.27 bits per heavy atom. The van der Waals surface area contributed by atoms with Gasteiger partial charge in [-0.15, -0.1) is 0 Å². The van der Waals surface area contributed by atoms with Crippen LogP contribution in [0.5, 0.6) is 0 Å². The summed E-state index contributed by atoms with van der Waals surface area (Å²) in [4.78, 5) is 0. The van der Waals surface area contributed by atoms with Crippen molar-refractivity contribution < 1.29 is 13.7 Å². The quantitative estimate of drug-likeness (QED) is 0.460. The van der Waals surface area contributed by atoms with Gasteiger partial charge in [0.2, 0.25) is 0 Å². The average molecular weight is 183 g/mol. The minimum absolute atomic E-state index is 0.369. The van der Waals surface area contributed by atoms with Crippen LogP contribution in [0, 0.1) is 0 Å². The molecule has 0 amide bonds. The smallest absolute Gasteiger partial charge is 0.112 e. The van der Waals surface area contributed by atoms with Crippen molar-refractivity contribution in [2.75, 3.05) is 12.4 Å². The summed E-state index contributed by atoms with van der Waals surface area (Å²) in [6.45, 7) is 1.12. The monoisotopic (exact) mass is 183 g/mol. The van der Waals surface area contributed by atoms with E-state index in [1.54, 1.807) is 0 Å². The molecule has 0 saturated heterocycles. The maximum absolute atomic E-state index is 11.5. The summed E-state index contributed by atoms with van der Waals surface area (Å²) in [6, 6.07) is 0. The molecule has 3 nitrogen and oxygen atoms in total. The fourth-order valence-electron chi connectivity index (χ4n) is 0.577. The molecule has 0 fully saturated rings. The number of aliphatic hydroxyl groups is 1. The molecule has 0 aliphatic carbocycles. The van der Waals surface area contributed by atoms with Gasteiger partial charge in [0, 0.05) is 5.75 Å². The van der Waals surface area contributed by atoms with Gasteiger partial charge in [-0.05, 0) is 19.8 Å². The van der Waals surface area contributed by atoms with Gasteiger partial charge in [0.05, 0.1) is 17.7 Å². The SMILES string of the molecule is CC(O)NS(=O)CCCCF. The van der Waals surface area contributed by atoms with Crippen LogP contribution in [0.25, 0.3) is 0 Å². The summed E-state index contributed by atoms with van der Waals surface area (Å²) in [7, 11) is -1.22. The van der Waals surface area contributed by atoms with Gasteiger partial charge < -0.3 is 5.11 Å². The summed E-state index contributed by atoms with van der Waals surface area (Å²) >= 11 is 0. The van der Waals surface area contributed by atoms with Crippen LogP contribution >= 0.6 is 0 Å². The lowest BCUT2D eigenvalue weighted by atomic mass is 10.4. The Morgan fingerprint density at radius 1 is 1.64 bits per heavy atom. The molecule has 0 saturated carbocycles. The Hall–Kier alpha value is -0.0000000000000000555. The average Bonchev–Trinajstić information content (AvgIpc) is 1.86. The van der Waals surface area contributed by atoms with Gasteiger partial charge >= 0.3 is 0 Å². The van der Waals surface area contributed by atoms with Crippen LogP contribution in [0.1, 0.15) is 19.8 Å². The van der Waals surface area contributed by atoms with Gasteiger partial charge in [0.25, 0.3) is 0 Å². The fraction of sp³-hybridized carbons (Fsp3) is 1.00. The third kappa shape index (κ3) is 7.90. The molecule has 0 aromatic heterocycles. The normalized spacial score (nSPS) is 16.3. The lowest BCUT2D eigenvalue weighted by Gasteiger charge is -2.05. The van der Waals surface area contributed by atoms with Crippen molar-refractivity contribution in [2.45, 2.75) is 26.0 Å². The highest BCUT2D eigenvalue weighted by molar-refractivity contribution is 7.83. The second kappa shape index (κ2) is 6.69. The maximum Gasteiger partial charge on any atom is 0.112 e. The predicted molar refractivity (Wildman–Crippen MR) is 43.0 cm³/mol. The summed E-state index contributed by atoms with van der Waals surface area (Å²) in [5, 5.41) is 8.70. The molecule has 0 spiro atoms. The van der Waals surface area contributed by atoms with Gasteiger partial charge in [-0.25, -0.2) is 8.93 Å². The molecule has 0 aromatic rings. The number of halogens is 1. The summed E-state index contributed by atoms with van der Waals surface area (Å²) in [5.41, 5.74) is 0. The molecule has 11 heavy (non-hydrogen) atoms. The lowest BCUT2D eigenvalue weighted by Crippen LogP contribution is -2.29. The van der Waals surface area contributed by atoms with E-state index in [1.807, 2.05) is 0 Å². The summed E-state index contributed by atoms with van der Waals surface area (Å²) in [6.07, 6.45) is 0.261. The van der Waals surface area contributed by atoms with Crippen molar-refractivity contribution in [3.05, 3.63) is 0 Å². The van der Waals surface area contributed by atoms with E-state index in [1.165, 1.54) is 6.92 Å². The van der Waals surface area contributed by atoms with Crippen molar-refractivity contribution >= 4 is 11.0 Å². The minimum atomic E-state index is -1.22. The topological polar surface area (TPSA) is 49.3 Å². The first kappa shape index (κ1) is 11.0. The lowest BCUT2D eigenvalue weighted by molar-refractivity contribution is 0.186.